The molecule has 0 bridgehead atoms. The minimum Gasteiger partial charge on any atom is -0.508 e. The Morgan fingerprint density at radius 1 is 1.17 bits per heavy atom. The molecule has 11 heteroatoms. The number of nitrogen functional groups attached to an aromatic ring is 1. The molecule has 35 heavy (non-hydrogen) atoms. The molecule has 182 valence electrons. The number of carbonyl (C=O) groups is 3. The highest BCUT2D eigenvalue weighted by Gasteiger charge is 2.36. The Hall–Kier alpha value is -3.96. The quantitative estimate of drug-likeness (QED) is 0.372. The van der Waals surface area contributed by atoms with Crippen molar-refractivity contribution in [1.82, 2.24) is 9.69 Å². The molecule has 1 fully saturated rings. The van der Waals surface area contributed by atoms with E-state index in [2.05, 4.69) is 9.69 Å². The molecule has 3 aromatic rings. The van der Waals surface area contributed by atoms with Crippen LogP contribution in [-0.4, -0.2) is 46.5 Å². The summed E-state index contributed by atoms with van der Waals surface area (Å²) in [7, 11) is 0. The van der Waals surface area contributed by atoms with E-state index < -0.39 is 23.8 Å². The van der Waals surface area contributed by atoms with E-state index in [4.69, 9.17) is 16.2 Å². The van der Waals surface area contributed by atoms with Gasteiger partial charge in [0.2, 0.25) is 5.91 Å². The van der Waals surface area contributed by atoms with Crippen molar-refractivity contribution in [3.05, 3.63) is 70.7 Å². The van der Waals surface area contributed by atoms with Crippen molar-refractivity contribution in [3.63, 3.8) is 0 Å². The SMILES string of the molecule is NC(=O)c1nsc(C(=O)N(c2ccccc2)C(C(=O)NCC2CCCO2)c2ccc(O)cc2)c1N. The summed E-state index contributed by atoms with van der Waals surface area (Å²) in [6.07, 6.45) is 1.65. The number of hydrogen-bond acceptors (Lipinski definition) is 8. The van der Waals surface area contributed by atoms with Crippen LogP contribution in [0.15, 0.2) is 54.6 Å². The topological polar surface area (TPSA) is 161 Å². The van der Waals surface area contributed by atoms with Crippen molar-refractivity contribution in [3.8, 4) is 5.75 Å². The lowest BCUT2D eigenvalue weighted by Crippen LogP contribution is -2.45. The Morgan fingerprint density at radius 3 is 2.49 bits per heavy atom. The Morgan fingerprint density at radius 2 is 1.89 bits per heavy atom. The standard InChI is InChI=1S/C24H25N5O5S/c25-18-19(22(26)31)28-35-21(18)24(33)29(15-5-2-1-3-6-15)20(14-8-10-16(30)11-9-14)23(32)27-13-17-7-4-12-34-17/h1-3,5-6,8-11,17,20,30H,4,7,12-13,25H2,(H2,26,31)(H,27,32). The van der Waals surface area contributed by atoms with Crippen LogP contribution in [0, 0.1) is 0 Å². The lowest BCUT2D eigenvalue weighted by atomic mass is 10.0. The van der Waals surface area contributed by atoms with Crippen LogP contribution in [0.25, 0.3) is 0 Å². The van der Waals surface area contributed by atoms with Gasteiger partial charge in [0.05, 0.1) is 11.8 Å². The highest BCUT2D eigenvalue weighted by molar-refractivity contribution is 7.09. The molecule has 2 unspecified atom stereocenters. The monoisotopic (exact) mass is 495 g/mol. The molecule has 0 aliphatic carbocycles. The molecule has 1 saturated heterocycles. The summed E-state index contributed by atoms with van der Waals surface area (Å²) in [5, 5.41) is 12.7. The fourth-order valence-corrected chi connectivity index (χ4v) is 4.64. The number of ether oxygens (including phenoxy) is 1. The van der Waals surface area contributed by atoms with E-state index in [1.54, 1.807) is 42.5 Å². The first-order valence-corrected chi connectivity index (χ1v) is 11.8. The van der Waals surface area contributed by atoms with Gasteiger partial charge in [0.1, 0.15) is 16.7 Å². The second-order valence-electron chi connectivity index (χ2n) is 8.02. The minimum atomic E-state index is -1.12. The molecule has 2 atom stereocenters. The molecule has 2 heterocycles. The van der Waals surface area contributed by atoms with Crippen molar-refractivity contribution >= 4 is 40.6 Å². The van der Waals surface area contributed by atoms with E-state index in [-0.39, 0.29) is 28.1 Å². The van der Waals surface area contributed by atoms with Crippen LogP contribution < -0.4 is 21.7 Å². The van der Waals surface area contributed by atoms with Crippen LogP contribution in [0.2, 0.25) is 0 Å². The van der Waals surface area contributed by atoms with Crippen LogP contribution in [0.3, 0.4) is 0 Å². The number of benzene rings is 2. The van der Waals surface area contributed by atoms with Crippen LogP contribution in [-0.2, 0) is 9.53 Å². The Balaban J connectivity index is 1.78. The molecule has 1 aromatic heterocycles. The maximum atomic E-state index is 13.9. The van der Waals surface area contributed by atoms with E-state index >= 15 is 0 Å². The highest BCUT2D eigenvalue weighted by atomic mass is 32.1. The van der Waals surface area contributed by atoms with Crippen LogP contribution in [0.1, 0.15) is 44.6 Å². The Kier molecular flexibility index (Phi) is 7.28. The summed E-state index contributed by atoms with van der Waals surface area (Å²) < 4.78 is 9.55. The summed E-state index contributed by atoms with van der Waals surface area (Å²) in [6, 6.07) is 13.5. The van der Waals surface area contributed by atoms with Gasteiger partial charge in [-0.2, -0.15) is 4.37 Å². The maximum Gasteiger partial charge on any atom is 0.273 e. The fraction of sp³-hybridized carbons (Fsp3) is 0.250. The number of primary amides is 1. The highest BCUT2D eigenvalue weighted by Crippen LogP contribution is 2.33. The predicted molar refractivity (Wildman–Crippen MR) is 131 cm³/mol. The summed E-state index contributed by atoms with van der Waals surface area (Å²) in [5.74, 6) is -1.90. The number of amides is 3. The first-order valence-electron chi connectivity index (χ1n) is 11.0. The molecule has 0 saturated carbocycles. The zero-order valence-corrected chi connectivity index (χ0v) is 19.5. The van der Waals surface area contributed by atoms with E-state index in [1.807, 2.05) is 0 Å². The molecule has 10 nitrogen and oxygen atoms in total. The lowest BCUT2D eigenvalue weighted by molar-refractivity contribution is -0.123. The number of rotatable bonds is 8. The Bertz CT molecular complexity index is 1210. The molecule has 2 aromatic carbocycles. The second kappa shape index (κ2) is 10.5. The number of anilines is 2. The van der Waals surface area contributed by atoms with E-state index in [1.165, 1.54) is 17.0 Å². The third kappa shape index (κ3) is 5.26. The number of nitrogens with zero attached hydrogens (tertiary/aromatic N) is 2. The first-order chi connectivity index (χ1) is 16.9. The Labute approximate surface area is 205 Å². The molecule has 6 N–H and O–H groups in total. The van der Waals surface area contributed by atoms with Crippen molar-refractivity contribution in [2.45, 2.75) is 25.0 Å². The maximum absolute atomic E-state index is 13.9. The zero-order valence-electron chi connectivity index (χ0n) is 18.7. The number of para-hydroxylation sites is 1. The van der Waals surface area contributed by atoms with Crippen molar-refractivity contribution in [2.24, 2.45) is 5.73 Å². The third-order valence-electron chi connectivity index (χ3n) is 5.65. The van der Waals surface area contributed by atoms with Gasteiger partial charge in [-0.3, -0.25) is 19.3 Å². The average Bonchev–Trinajstić information content (AvgIpc) is 3.51. The van der Waals surface area contributed by atoms with E-state index in [0.29, 0.717) is 24.4 Å². The van der Waals surface area contributed by atoms with Crippen molar-refractivity contribution < 1.29 is 24.2 Å². The van der Waals surface area contributed by atoms with Gasteiger partial charge in [0.15, 0.2) is 5.69 Å². The molecule has 0 spiro atoms. The molecule has 4 rings (SSSR count). The van der Waals surface area contributed by atoms with Gasteiger partial charge in [-0.05, 0) is 54.2 Å². The number of aromatic nitrogens is 1. The van der Waals surface area contributed by atoms with Gasteiger partial charge in [-0.25, -0.2) is 0 Å². The third-order valence-corrected chi connectivity index (χ3v) is 6.50. The number of phenols is 1. The summed E-state index contributed by atoms with van der Waals surface area (Å²) in [5.41, 5.74) is 11.9. The smallest absolute Gasteiger partial charge is 0.273 e. The number of aromatic hydroxyl groups is 1. The second-order valence-corrected chi connectivity index (χ2v) is 8.80. The van der Waals surface area contributed by atoms with Gasteiger partial charge in [-0.15, -0.1) is 0 Å². The largest absolute Gasteiger partial charge is 0.508 e. The predicted octanol–water partition coefficient (Wildman–Crippen LogP) is 2.21. The molecule has 1 aliphatic heterocycles. The summed E-state index contributed by atoms with van der Waals surface area (Å²) >= 11 is 0.737. The van der Waals surface area contributed by atoms with Gasteiger partial charge >= 0.3 is 0 Å². The molecular formula is C24H25N5O5S. The first kappa shape index (κ1) is 24.2. The summed E-state index contributed by atoms with van der Waals surface area (Å²) in [6.45, 7) is 0.933. The lowest BCUT2D eigenvalue weighted by Gasteiger charge is -2.31. The van der Waals surface area contributed by atoms with Gasteiger partial charge in [-0.1, -0.05) is 30.3 Å². The zero-order chi connectivity index (χ0) is 24.9. The van der Waals surface area contributed by atoms with Gasteiger partial charge in [0.25, 0.3) is 11.8 Å². The number of nitrogens with one attached hydrogen (secondary N) is 1. The number of hydrogen-bond donors (Lipinski definition) is 4. The molecule has 1 aliphatic rings. The van der Waals surface area contributed by atoms with Crippen LogP contribution >= 0.6 is 11.5 Å². The van der Waals surface area contributed by atoms with Crippen molar-refractivity contribution in [1.29, 1.82) is 0 Å². The number of carbonyl (C=O) groups excluding carboxylic acids is 3. The van der Waals surface area contributed by atoms with Gasteiger partial charge < -0.3 is 26.6 Å². The number of nitrogens with two attached hydrogens (primary N) is 2. The average molecular weight is 496 g/mol. The van der Waals surface area contributed by atoms with E-state index in [0.717, 1.165) is 24.4 Å². The van der Waals surface area contributed by atoms with Crippen LogP contribution in [0.4, 0.5) is 11.4 Å². The molecule has 3 amide bonds. The van der Waals surface area contributed by atoms with Crippen molar-refractivity contribution in [2.75, 3.05) is 23.8 Å². The molecular weight excluding hydrogens is 470 g/mol. The van der Waals surface area contributed by atoms with Crippen LogP contribution in [0.5, 0.6) is 5.75 Å². The number of phenolic OH excluding ortho intramolecular Hbond substituents is 1. The van der Waals surface area contributed by atoms with E-state index in [9.17, 15) is 19.5 Å². The minimum absolute atomic E-state index is 0.0154. The fourth-order valence-electron chi connectivity index (χ4n) is 3.90. The summed E-state index contributed by atoms with van der Waals surface area (Å²) in [4.78, 5) is 40.4. The van der Waals surface area contributed by atoms with Gasteiger partial charge in [0, 0.05) is 18.8 Å². The molecule has 0 radical (unpaired) electrons. The normalized spacial score (nSPS) is 15.9.